The fourth-order valence-corrected chi connectivity index (χ4v) is 2.44. The van der Waals surface area contributed by atoms with Crippen molar-refractivity contribution in [3.05, 3.63) is 11.9 Å². The summed E-state index contributed by atoms with van der Waals surface area (Å²) in [6, 6.07) is 0.539. The Labute approximate surface area is 110 Å². The predicted molar refractivity (Wildman–Crippen MR) is 75.4 cm³/mol. The molecule has 0 aromatic heterocycles. The fraction of sp³-hybridized carbons (Fsp3) is 0.769. The third-order valence-corrected chi connectivity index (χ3v) is 3.64. The molecule has 1 saturated heterocycles. The molecule has 0 spiro atoms. The van der Waals surface area contributed by atoms with E-state index < -0.39 is 0 Å². The Morgan fingerprint density at radius 3 is 2.78 bits per heavy atom. The molecule has 2 aliphatic rings. The molecule has 2 heterocycles. The predicted octanol–water partition coefficient (Wildman–Crippen LogP) is 0.469. The molecule has 0 aromatic rings. The summed E-state index contributed by atoms with van der Waals surface area (Å²) in [5.74, 6) is 0.768. The second kappa shape index (κ2) is 5.71. The summed E-state index contributed by atoms with van der Waals surface area (Å²) in [6.07, 6.45) is 7.18. The van der Waals surface area contributed by atoms with Crippen molar-refractivity contribution in [1.82, 2.24) is 20.9 Å². The Morgan fingerprint density at radius 2 is 2.17 bits per heavy atom. The van der Waals surface area contributed by atoms with Crippen molar-refractivity contribution in [2.75, 3.05) is 27.2 Å². The molecule has 0 saturated carbocycles. The molecule has 102 valence electrons. The van der Waals surface area contributed by atoms with Crippen molar-refractivity contribution in [3.63, 3.8) is 0 Å². The van der Waals surface area contributed by atoms with Crippen molar-refractivity contribution >= 4 is 6.21 Å². The third-order valence-electron chi connectivity index (χ3n) is 3.64. The van der Waals surface area contributed by atoms with E-state index in [1.54, 1.807) is 0 Å². The summed E-state index contributed by atoms with van der Waals surface area (Å²) in [6.45, 7) is 4.35. The first-order valence-electron chi connectivity index (χ1n) is 6.84. The van der Waals surface area contributed by atoms with Gasteiger partial charge in [0.05, 0.1) is 0 Å². The number of hydrogen-bond acceptors (Lipinski definition) is 5. The lowest BCUT2D eigenvalue weighted by Crippen LogP contribution is -2.61. The first-order valence-corrected chi connectivity index (χ1v) is 6.84. The number of nitrogens with zero attached hydrogens (tertiary/aromatic N) is 2. The zero-order chi connectivity index (χ0) is 13.0. The molecule has 0 aromatic carbocycles. The summed E-state index contributed by atoms with van der Waals surface area (Å²) in [5, 5.41) is 10.6. The van der Waals surface area contributed by atoms with Crippen LogP contribution in [0, 0.1) is 0 Å². The Kier molecular flexibility index (Phi) is 4.24. The highest BCUT2D eigenvalue weighted by Crippen LogP contribution is 2.18. The SMILES string of the molecule is CCC1(NC2CCNCC2)N=CC=C(N(C)C)N1. The molecule has 2 rings (SSSR count). The maximum absolute atomic E-state index is 4.64. The van der Waals surface area contributed by atoms with Gasteiger partial charge in [-0.2, -0.15) is 0 Å². The van der Waals surface area contributed by atoms with E-state index in [1.165, 1.54) is 12.8 Å². The van der Waals surface area contributed by atoms with Crippen LogP contribution in [0.2, 0.25) is 0 Å². The topological polar surface area (TPSA) is 51.7 Å². The minimum atomic E-state index is -0.337. The van der Waals surface area contributed by atoms with E-state index in [2.05, 4.69) is 32.8 Å². The van der Waals surface area contributed by atoms with Crippen LogP contribution in [0.1, 0.15) is 26.2 Å². The highest BCUT2D eigenvalue weighted by atomic mass is 15.4. The molecule has 5 heteroatoms. The summed E-state index contributed by atoms with van der Waals surface area (Å²) < 4.78 is 0. The van der Waals surface area contributed by atoms with E-state index >= 15 is 0 Å². The van der Waals surface area contributed by atoms with E-state index in [-0.39, 0.29) is 5.79 Å². The van der Waals surface area contributed by atoms with Gasteiger partial charge in [-0.1, -0.05) is 6.92 Å². The normalized spacial score (nSPS) is 28.7. The zero-order valence-corrected chi connectivity index (χ0v) is 11.7. The van der Waals surface area contributed by atoms with Crippen molar-refractivity contribution < 1.29 is 0 Å². The van der Waals surface area contributed by atoms with Gasteiger partial charge in [0.2, 0.25) is 0 Å². The largest absolute Gasteiger partial charge is 0.364 e. The Bertz CT molecular complexity index is 330. The van der Waals surface area contributed by atoms with Gasteiger partial charge in [0.25, 0.3) is 0 Å². The molecule has 0 amide bonds. The van der Waals surface area contributed by atoms with Gasteiger partial charge in [-0.15, -0.1) is 0 Å². The standard InChI is InChI=1S/C13H25N5/c1-4-13(16-11-5-8-14-9-6-11)15-10-7-12(17-13)18(2)3/h7,10-11,14,16-17H,4-6,8-9H2,1-3H3. The van der Waals surface area contributed by atoms with Crippen LogP contribution in [0.3, 0.4) is 0 Å². The van der Waals surface area contributed by atoms with Crippen molar-refractivity contribution in [1.29, 1.82) is 0 Å². The minimum Gasteiger partial charge on any atom is -0.364 e. The van der Waals surface area contributed by atoms with Gasteiger partial charge in [-0.25, -0.2) is 0 Å². The van der Waals surface area contributed by atoms with Crippen LogP contribution in [-0.4, -0.2) is 50.1 Å². The van der Waals surface area contributed by atoms with E-state index in [1.807, 2.05) is 26.4 Å². The van der Waals surface area contributed by atoms with Gasteiger partial charge in [-0.3, -0.25) is 10.3 Å². The molecule has 1 fully saturated rings. The Hall–Kier alpha value is -1.07. The molecule has 0 bridgehead atoms. The molecule has 18 heavy (non-hydrogen) atoms. The minimum absolute atomic E-state index is 0.337. The number of hydrogen-bond donors (Lipinski definition) is 3. The second-order valence-corrected chi connectivity index (χ2v) is 5.23. The smallest absolute Gasteiger partial charge is 0.185 e. The zero-order valence-electron chi connectivity index (χ0n) is 11.7. The van der Waals surface area contributed by atoms with Crippen LogP contribution in [-0.2, 0) is 0 Å². The van der Waals surface area contributed by atoms with Crippen LogP contribution in [0.15, 0.2) is 16.9 Å². The molecule has 0 aliphatic carbocycles. The van der Waals surface area contributed by atoms with Crippen LogP contribution in [0.5, 0.6) is 0 Å². The van der Waals surface area contributed by atoms with Gasteiger partial charge < -0.3 is 15.5 Å². The van der Waals surface area contributed by atoms with Crippen LogP contribution < -0.4 is 16.0 Å². The van der Waals surface area contributed by atoms with Crippen LogP contribution >= 0.6 is 0 Å². The number of allylic oxidation sites excluding steroid dienone is 1. The quantitative estimate of drug-likeness (QED) is 0.680. The number of aliphatic imine (C=N–C) groups is 1. The average Bonchev–Trinajstić information content (AvgIpc) is 2.40. The average molecular weight is 251 g/mol. The molecule has 0 radical (unpaired) electrons. The lowest BCUT2D eigenvalue weighted by Gasteiger charge is -2.40. The Morgan fingerprint density at radius 1 is 1.44 bits per heavy atom. The molecular formula is C13H25N5. The van der Waals surface area contributed by atoms with Gasteiger partial charge >= 0.3 is 0 Å². The highest BCUT2D eigenvalue weighted by molar-refractivity contribution is 5.73. The first-order chi connectivity index (χ1) is 8.65. The lowest BCUT2D eigenvalue weighted by atomic mass is 10.0. The fourth-order valence-electron chi connectivity index (χ4n) is 2.44. The number of piperidine rings is 1. The summed E-state index contributed by atoms with van der Waals surface area (Å²) >= 11 is 0. The highest BCUT2D eigenvalue weighted by Gasteiger charge is 2.32. The second-order valence-electron chi connectivity index (χ2n) is 5.23. The van der Waals surface area contributed by atoms with Crippen LogP contribution in [0.25, 0.3) is 0 Å². The molecule has 5 nitrogen and oxygen atoms in total. The van der Waals surface area contributed by atoms with Crippen molar-refractivity contribution in [2.24, 2.45) is 4.99 Å². The monoisotopic (exact) mass is 251 g/mol. The van der Waals surface area contributed by atoms with E-state index in [9.17, 15) is 0 Å². The van der Waals surface area contributed by atoms with Crippen molar-refractivity contribution in [3.8, 4) is 0 Å². The van der Waals surface area contributed by atoms with E-state index in [0.717, 1.165) is 25.3 Å². The van der Waals surface area contributed by atoms with Gasteiger partial charge in [-0.05, 0) is 32.0 Å². The molecule has 1 atom stereocenters. The van der Waals surface area contributed by atoms with Gasteiger partial charge in [0.15, 0.2) is 5.79 Å². The Balaban J connectivity index is 2.02. The lowest BCUT2D eigenvalue weighted by molar-refractivity contribution is 0.204. The number of nitrogens with one attached hydrogen (secondary N) is 3. The van der Waals surface area contributed by atoms with E-state index in [4.69, 9.17) is 0 Å². The third kappa shape index (κ3) is 3.03. The van der Waals surface area contributed by atoms with Gasteiger partial charge in [0, 0.05) is 32.8 Å². The molecule has 1 unspecified atom stereocenters. The van der Waals surface area contributed by atoms with Crippen LogP contribution in [0.4, 0.5) is 0 Å². The van der Waals surface area contributed by atoms with Gasteiger partial charge in [0.1, 0.15) is 5.82 Å². The molecule has 3 N–H and O–H groups in total. The molecule has 2 aliphatic heterocycles. The maximum atomic E-state index is 4.64. The maximum Gasteiger partial charge on any atom is 0.185 e. The summed E-state index contributed by atoms with van der Waals surface area (Å²) in [5.41, 5.74) is 0. The first kappa shape index (κ1) is 13.4. The summed E-state index contributed by atoms with van der Waals surface area (Å²) in [4.78, 5) is 6.72. The molecular weight excluding hydrogens is 226 g/mol. The summed E-state index contributed by atoms with van der Waals surface area (Å²) in [7, 11) is 4.09. The van der Waals surface area contributed by atoms with Crippen molar-refractivity contribution in [2.45, 2.75) is 38.0 Å². The number of rotatable bonds is 4. The van der Waals surface area contributed by atoms with E-state index in [0.29, 0.717) is 6.04 Å².